The van der Waals surface area contributed by atoms with Gasteiger partial charge in [0.2, 0.25) is 0 Å². The molecule has 3 nitrogen and oxygen atoms in total. The first-order valence-electron chi connectivity index (χ1n) is 16.5. The second kappa shape index (κ2) is 14.4. The van der Waals surface area contributed by atoms with E-state index in [1.165, 1.54) is 59.3 Å². The summed E-state index contributed by atoms with van der Waals surface area (Å²) in [6.45, 7) is 14.2. The fourth-order valence-corrected chi connectivity index (χ4v) is 19.7. The third-order valence-electron chi connectivity index (χ3n) is 9.83. The van der Waals surface area contributed by atoms with Crippen molar-refractivity contribution in [2.24, 2.45) is 0 Å². The van der Waals surface area contributed by atoms with E-state index in [0.29, 0.717) is 0 Å². The number of rotatable bonds is 12. The average Bonchev–Trinajstić information content (AvgIpc) is 3.48. The van der Waals surface area contributed by atoms with Crippen LogP contribution in [0.5, 0.6) is 5.75 Å². The fourth-order valence-electron chi connectivity index (χ4n) is 7.56. The zero-order valence-electron chi connectivity index (χ0n) is 29.3. The molecule has 4 rings (SSSR count). The first kappa shape index (κ1) is 34.5. The Morgan fingerprint density at radius 3 is 1.80 bits per heavy atom. The monoisotopic (exact) mass is 640 g/mol. The molecule has 0 atom stereocenters. The van der Waals surface area contributed by atoms with Crippen molar-refractivity contribution in [3.63, 3.8) is 0 Å². The molecule has 0 saturated heterocycles. The summed E-state index contributed by atoms with van der Waals surface area (Å²) in [5.74, 6) is 1.15. The minimum atomic E-state index is -2.20. The van der Waals surface area contributed by atoms with Gasteiger partial charge >= 0.3 is 279 Å². The molecule has 0 amide bonds. The minimum absolute atomic E-state index is 0.0188. The van der Waals surface area contributed by atoms with Crippen LogP contribution in [0.2, 0.25) is 12.1 Å². The molecule has 0 bridgehead atoms. The molecule has 0 spiro atoms. The van der Waals surface area contributed by atoms with Gasteiger partial charge in [0, 0.05) is 0 Å². The number of benzene rings is 3. The van der Waals surface area contributed by atoms with E-state index in [-0.39, 0.29) is 5.41 Å². The van der Waals surface area contributed by atoms with Crippen LogP contribution in [0.3, 0.4) is 0 Å². The molecule has 0 aromatic heterocycles. The number of para-hydroxylation sites is 2. The van der Waals surface area contributed by atoms with Crippen molar-refractivity contribution in [1.82, 2.24) is 0 Å². The van der Waals surface area contributed by atoms with Crippen LogP contribution in [0.15, 0.2) is 81.3 Å². The van der Waals surface area contributed by atoms with E-state index in [9.17, 15) is 0 Å². The van der Waals surface area contributed by atoms with Crippen LogP contribution in [-0.2, 0) is 35.2 Å². The molecule has 0 aliphatic heterocycles. The Morgan fingerprint density at radius 2 is 1.34 bits per heavy atom. The van der Waals surface area contributed by atoms with Gasteiger partial charge < -0.3 is 0 Å². The number of hydrogen-bond donors (Lipinski definition) is 0. The normalized spacial score (nSPS) is 13.4. The van der Waals surface area contributed by atoms with E-state index in [2.05, 4.69) is 152 Å². The summed E-state index contributed by atoms with van der Waals surface area (Å²) < 4.78 is 10.5. The molecule has 3 aromatic carbocycles. The van der Waals surface area contributed by atoms with E-state index in [1.54, 1.807) is 8.53 Å². The van der Waals surface area contributed by atoms with Crippen molar-refractivity contribution in [2.45, 2.75) is 73.8 Å². The number of hydrogen-bond acceptors (Lipinski definition) is 3. The molecule has 0 unspecified atom stereocenters. The SMILES string of the molecule is CC[Si](CC)(C1=[C]([Sc]([CH2]c2ccccc2N(C)C)[CH2]c2ccccc2N(C)C)C=CC1)c1cc(C)cc(C(C)(C)C)c1OC. The quantitative estimate of drug-likeness (QED) is 0.184. The predicted octanol–water partition coefficient (Wildman–Crippen LogP) is 8.90. The summed E-state index contributed by atoms with van der Waals surface area (Å²) >= 11 is -2.20. The second-order valence-electron chi connectivity index (χ2n) is 14.1. The molecule has 1 aliphatic carbocycles. The Morgan fingerprint density at radius 1 is 0.818 bits per heavy atom. The van der Waals surface area contributed by atoms with Gasteiger partial charge in [-0.25, -0.2) is 0 Å². The summed E-state index contributed by atoms with van der Waals surface area (Å²) in [6.07, 6.45) is 6.17. The van der Waals surface area contributed by atoms with E-state index in [4.69, 9.17) is 4.74 Å². The van der Waals surface area contributed by atoms with E-state index in [0.717, 1.165) is 12.2 Å². The molecule has 0 radical (unpaired) electrons. The van der Waals surface area contributed by atoms with Gasteiger partial charge in [0.05, 0.1) is 0 Å². The predicted molar refractivity (Wildman–Crippen MR) is 193 cm³/mol. The van der Waals surface area contributed by atoms with Crippen molar-refractivity contribution in [3.8, 4) is 5.75 Å². The average molecular weight is 641 g/mol. The Balaban J connectivity index is 1.98. The summed E-state index contributed by atoms with van der Waals surface area (Å²) in [5.41, 5.74) is 8.44. The van der Waals surface area contributed by atoms with Gasteiger partial charge in [0.1, 0.15) is 0 Å². The van der Waals surface area contributed by atoms with Crippen LogP contribution in [0.25, 0.3) is 0 Å². The summed E-state index contributed by atoms with van der Waals surface area (Å²) in [5, 5.41) is 3.32. The molecule has 3 aromatic rings. The first-order valence-corrected chi connectivity index (χ1v) is 22.3. The first-order chi connectivity index (χ1) is 20.9. The maximum atomic E-state index is 6.39. The summed E-state index contributed by atoms with van der Waals surface area (Å²) in [4.78, 5) is 4.59. The standard InChI is InChI=1S/C21H31OSi.2C9H12N.Sc/c1-8-23(9-2,17-12-10-11-13-17)19-15-16(3)14-18(20(19)22-7)21(4,5)6;2*1-8-6-4-5-7-9(8)10(2)3;/h10-11,14-15H,8-9,12H2,1-7H3;2*4-7H,1H2,2-3H3;. The Kier molecular flexibility index (Phi) is 11.3. The second-order valence-corrected chi connectivity index (χ2v) is 23.3. The van der Waals surface area contributed by atoms with Crippen molar-refractivity contribution < 1.29 is 26.2 Å². The number of methoxy groups -OCH3 is 1. The number of aryl methyl sites for hydroxylation is 1. The molecule has 0 saturated carbocycles. The van der Waals surface area contributed by atoms with Gasteiger partial charge in [0.25, 0.3) is 0 Å². The van der Waals surface area contributed by atoms with Crippen molar-refractivity contribution in [2.75, 3.05) is 45.1 Å². The van der Waals surface area contributed by atoms with Crippen LogP contribution in [0, 0.1) is 6.92 Å². The third-order valence-corrected chi connectivity index (χ3v) is 20.9. The molecule has 0 fully saturated rings. The van der Waals surface area contributed by atoms with Crippen LogP contribution in [-0.4, -0.2) is 43.4 Å². The van der Waals surface area contributed by atoms with Crippen molar-refractivity contribution in [3.05, 3.63) is 104 Å². The van der Waals surface area contributed by atoms with E-state index in [1.807, 2.05) is 7.11 Å². The Bertz CT molecular complexity index is 1460. The fraction of sp³-hybridized carbons (Fsp3) is 0.436. The van der Waals surface area contributed by atoms with Gasteiger partial charge in [0.15, 0.2) is 0 Å². The molecule has 0 N–H and O–H groups in total. The zero-order chi connectivity index (χ0) is 32.2. The Labute approximate surface area is 277 Å². The van der Waals surface area contributed by atoms with E-state index >= 15 is 0 Å². The molecule has 5 heteroatoms. The summed E-state index contributed by atoms with van der Waals surface area (Å²) in [7, 11) is 8.53. The molecule has 234 valence electrons. The van der Waals surface area contributed by atoms with Gasteiger partial charge in [-0.2, -0.15) is 0 Å². The van der Waals surface area contributed by atoms with Gasteiger partial charge in [-0.05, 0) is 0 Å². The number of ether oxygens (including phenoxy) is 1. The number of nitrogens with zero attached hydrogens (tertiary/aromatic N) is 2. The summed E-state index contributed by atoms with van der Waals surface area (Å²) in [6, 6.07) is 25.5. The topological polar surface area (TPSA) is 15.7 Å². The van der Waals surface area contributed by atoms with E-state index < -0.39 is 29.5 Å². The molecule has 0 heterocycles. The third kappa shape index (κ3) is 7.04. The zero-order valence-corrected chi connectivity index (χ0v) is 32.1. The Hall–Kier alpha value is -2.37. The molecule has 1 aliphatic rings. The molecular formula is C39H55N2OScSi. The number of anilines is 2. The van der Waals surface area contributed by atoms with Crippen LogP contribution in [0.1, 0.15) is 63.3 Å². The van der Waals surface area contributed by atoms with Crippen molar-refractivity contribution >= 4 is 24.6 Å². The number of allylic oxidation sites excluding steroid dienone is 4. The van der Waals surface area contributed by atoms with Gasteiger partial charge in [-0.3, -0.25) is 0 Å². The van der Waals surface area contributed by atoms with Crippen LogP contribution < -0.4 is 19.7 Å². The van der Waals surface area contributed by atoms with Crippen LogP contribution in [0.4, 0.5) is 11.4 Å². The van der Waals surface area contributed by atoms with Gasteiger partial charge in [-0.1, -0.05) is 0 Å². The molecular weight excluding hydrogens is 585 g/mol. The molecule has 44 heavy (non-hydrogen) atoms. The maximum absolute atomic E-state index is 6.39. The van der Waals surface area contributed by atoms with Gasteiger partial charge in [-0.15, -0.1) is 0 Å². The van der Waals surface area contributed by atoms with Crippen molar-refractivity contribution in [1.29, 1.82) is 0 Å². The van der Waals surface area contributed by atoms with Crippen LogP contribution >= 0.6 is 0 Å².